The normalized spacial score (nSPS) is 11.3. The second-order valence-corrected chi connectivity index (χ2v) is 9.16. The number of nitrogens with zero attached hydrogens (tertiary/aromatic N) is 3. The number of likely N-dealkylation sites (N-methyl/N-ethyl adjacent to an activating group) is 1. The number of carbonyl (C=O) groups excluding carboxylic acids is 2. The van der Waals surface area contributed by atoms with Crippen LogP contribution in [-0.2, 0) is 20.9 Å². The molecule has 208 valence electrons. The molecule has 0 unspecified atom stereocenters. The fraction of sp³-hybridized carbons (Fsp3) is 0.286. The van der Waals surface area contributed by atoms with Gasteiger partial charge in [0.2, 0.25) is 5.91 Å². The van der Waals surface area contributed by atoms with Crippen molar-refractivity contribution in [2.24, 2.45) is 0 Å². The molecule has 3 aromatic rings. The number of aromatic amines is 1. The molecule has 0 spiro atoms. The number of terminal acetylenes is 1. The third kappa shape index (κ3) is 7.67. The number of nitrogens with one attached hydrogen (secondary N) is 2. The Bertz CT molecular complexity index is 1520. The summed E-state index contributed by atoms with van der Waals surface area (Å²) in [7, 11) is 1.26. The number of H-pyrrole nitrogens is 1. The standard InChI is InChI=1S/C28H29N5O7/c1-4-13-33(15-18-5-10-22-21(14-18)27(39)30-17(2)29-22)20-8-6-19(7-9-20)26(38)31-23(11-12-24(34)35)28(40)32(3)16-25(36)37/h1,5-10,14,23H,11-13,15-16H2,2-3H3,(H,31,38)(H,34,35)(H,36,37)(H,29,30,39)/t23-/m0/s1. The highest BCUT2D eigenvalue weighted by Crippen LogP contribution is 2.20. The van der Waals surface area contributed by atoms with Crippen molar-refractivity contribution in [1.82, 2.24) is 20.2 Å². The molecule has 1 heterocycles. The van der Waals surface area contributed by atoms with Crippen molar-refractivity contribution >= 4 is 40.3 Å². The van der Waals surface area contributed by atoms with E-state index < -0.39 is 42.8 Å². The van der Waals surface area contributed by atoms with Crippen LogP contribution in [0.15, 0.2) is 47.3 Å². The van der Waals surface area contributed by atoms with Gasteiger partial charge in [-0.2, -0.15) is 0 Å². The van der Waals surface area contributed by atoms with Crippen LogP contribution >= 0.6 is 0 Å². The molecule has 40 heavy (non-hydrogen) atoms. The Kier molecular flexibility index (Phi) is 9.59. The van der Waals surface area contributed by atoms with Crippen molar-refractivity contribution in [3.05, 3.63) is 69.8 Å². The summed E-state index contributed by atoms with van der Waals surface area (Å²) in [6.07, 6.45) is 4.98. The van der Waals surface area contributed by atoms with Gasteiger partial charge in [0.25, 0.3) is 11.5 Å². The SMILES string of the molecule is C#CCN(Cc1ccc2nc(C)[nH]c(=O)c2c1)c1ccc(C(=O)N[C@@H](CCC(=O)O)C(=O)N(C)CC(=O)O)cc1. The molecule has 0 bridgehead atoms. The molecule has 0 aliphatic rings. The van der Waals surface area contributed by atoms with E-state index in [4.69, 9.17) is 16.6 Å². The van der Waals surface area contributed by atoms with Crippen molar-refractivity contribution in [2.45, 2.75) is 32.4 Å². The van der Waals surface area contributed by atoms with E-state index in [-0.39, 0.29) is 24.1 Å². The van der Waals surface area contributed by atoms with Crippen LogP contribution in [0.1, 0.15) is 34.6 Å². The summed E-state index contributed by atoms with van der Waals surface area (Å²) >= 11 is 0. The predicted octanol–water partition coefficient (Wildman–Crippen LogP) is 1.38. The molecular weight excluding hydrogens is 518 g/mol. The topological polar surface area (TPSA) is 173 Å². The molecule has 2 aromatic carbocycles. The molecule has 1 aromatic heterocycles. The summed E-state index contributed by atoms with van der Waals surface area (Å²) in [6.45, 7) is 1.73. The van der Waals surface area contributed by atoms with Crippen LogP contribution in [0.3, 0.4) is 0 Å². The maximum absolute atomic E-state index is 12.9. The number of carboxylic acid groups (broad SMARTS) is 2. The first-order valence-corrected chi connectivity index (χ1v) is 12.3. The lowest BCUT2D eigenvalue weighted by Gasteiger charge is -2.24. The number of carboxylic acids is 2. The Morgan fingerprint density at radius 2 is 1.80 bits per heavy atom. The number of amides is 2. The number of aromatic nitrogens is 2. The molecule has 0 radical (unpaired) electrons. The summed E-state index contributed by atoms with van der Waals surface area (Å²) in [5.41, 5.74) is 2.07. The average Bonchev–Trinajstić information content (AvgIpc) is 2.90. The number of hydrogen-bond donors (Lipinski definition) is 4. The lowest BCUT2D eigenvalue weighted by molar-refractivity contribution is -0.144. The Morgan fingerprint density at radius 1 is 1.10 bits per heavy atom. The Labute approximate surface area is 229 Å². The number of carbonyl (C=O) groups is 4. The van der Waals surface area contributed by atoms with Crippen molar-refractivity contribution < 1.29 is 29.4 Å². The van der Waals surface area contributed by atoms with Crippen LogP contribution in [0, 0.1) is 19.3 Å². The lowest BCUT2D eigenvalue weighted by atomic mass is 10.1. The Hall–Kier alpha value is -5.18. The van der Waals surface area contributed by atoms with Gasteiger partial charge in [0.1, 0.15) is 18.4 Å². The van der Waals surface area contributed by atoms with E-state index in [0.29, 0.717) is 29.0 Å². The number of hydrogen-bond acceptors (Lipinski definition) is 7. The average molecular weight is 548 g/mol. The van der Waals surface area contributed by atoms with E-state index in [2.05, 4.69) is 21.2 Å². The molecule has 12 heteroatoms. The molecular formula is C28H29N5O7. The molecule has 0 aliphatic carbocycles. The summed E-state index contributed by atoms with van der Waals surface area (Å²) in [5, 5.41) is 20.9. The Morgan fingerprint density at radius 3 is 2.42 bits per heavy atom. The van der Waals surface area contributed by atoms with Crippen molar-refractivity contribution in [2.75, 3.05) is 25.0 Å². The van der Waals surface area contributed by atoms with Gasteiger partial charge in [-0.15, -0.1) is 6.42 Å². The van der Waals surface area contributed by atoms with Gasteiger partial charge in [-0.05, 0) is 55.3 Å². The molecule has 0 aliphatic heterocycles. The smallest absolute Gasteiger partial charge is 0.323 e. The van der Waals surface area contributed by atoms with Gasteiger partial charge in [-0.1, -0.05) is 12.0 Å². The highest BCUT2D eigenvalue weighted by atomic mass is 16.4. The second-order valence-electron chi connectivity index (χ2n) is 9.16. The number of aliphatic carboxylic acids is 2. The van der Waals surface area contributed by atoms with Crippen LogP contribution in [0.25, 0.3) is 10.9 Å². The minimum Gasteiger partial charge on any atom is -0.481 e. The van der Waals surface area contributed by atoms with Crippen LogP contribution in [-0.4, -0.2) is 75.0 Å². The maximum atomic E-state index is 12.9. The fourth-order valence-corrected chi connectivity index (χ4v) is 4.11. The van der Waals surface area contributed by atoms with E-state index in [1.807, 2.05) is 11.0 Å². The quantitative estimate of drug-likeness (QED) is 0.244. The number of anilines is 1. The first-order valence-electron chi connectivity index (χ1n) is 12.3. The van der Waals surface area contributed by atoms with E-state index in [1.54, 1.807) is 31.2 Å². The first-order chi connectivity index (χ1) is 19.0. The van der Waals surface area contributed by atoms with Crippen LogP contribution < -0.4 is 15.8 Å². The third-order valence-electron chi connectivity index (χ3n) is 6.04. The largest absolute Gasteiger partial charge is 0.481 e. The maximum Gasteiger partial charge on any atom is 0.323 e. The lowest BCUT2D eigenvalue weighted by Crippen LogP contribution is -2.48. The highest BCUT2D eigenvalue weighted by molar-refractivity contribution is 5.98. The van der Waals surface area contributed by atoms with Crippen molar-refractivity contribution in [3.63, 3.8) is 0 Å². The summed E-state index contributed by atoms with van der Waals surface area (Å²) < 4.78 is 0. The minimum atomic E-state index is -1.24. The van der Waals surface area contributed by atoms with Gasteiger partial charge >= 0.3 is 11.9 Å². The molecule has 12 nitrogen and oxygen atoms in total. The number of fused-ring (bicyclic) bond motifs is 1. The van der Waals surface area contributed by atoms with Crippen molar-refractivity contribution in [3.8, 4) is 12.3 Å². The van der Waals surface area contributed by atoms with E-state index in [0.717, 1.165) is 10.5 Å². The van der Waals surface area contributed by atoms with Gasteiger partial charge in [0.05, 0.1) is 17.4 Å². The van der Waals surface area contributed by atoms with Crippen LogP contribution in [0.2, 0.25) is 0 Å². The van der Waals surface area contributed by atoms with Gasteiger partial charge in [0, 0.05) is 31.3 Å². The zero-order valence-electron chi connectivity index (χ0n) is 22.0. The molecule has 0 fully saturated rings. The molecule has 0 saturated heterocycles. The zero-order chi connectivity index (χ0) is 29.4. The van der Waals surface area contributed by atoms with Gasteiger partial charge in [-0.25, -0.2) is 4.98 Å². The summed E-state index contributed by atoms with van der Waals surface area (Å²) in [5.74, 6) is -0.620. The van der Waals surface area contributed by atoms with E-state index >= 15 is 0 Å². The van der Waals surface area contributed by atoms with Crippen molar-refractivity contribution in [1.29, 1.82) is 0 Å². The Balaban J connectivity index is 1.77. The van der Waals surface area contributed by atoms with Crippen LogP contribution in [0.4, 0.5) is 5.69 Å². The van der Waals surface area contributed by atoms with Gasteiger partial charge < -0.3 is 30.3 Å². The van der Waals surface area contributed by atoms with Gasteiger partial charge in [0.15, 0.2) is 0 Å². The first kappa shape index (κ1) is 29.4. The molecule has 3 rings (SSSR count). The summed E-state index contributed by atoms with van der Waals surface area (Å²) in [4.78, 5) is 69.7. The molecule has 1 atom stereocenters. The highest BCUT2D eigenvalue weighted by Gasteiger charge is 2.26. The third-order valence-corrected chi connectivity index (χ3v) is 6.04. The number of rotatable bonds is 12. The zero-order valence-corrected chi connectivity index (χ0v) is 22.0. The van der Waals surface area contributed by atoms with E-state index in [9.17, 15) is 24.0 Å². The molecule has 2 amide bonds. The molecule has 4 N–H and O–H groups in total. The minimum absolute atomic E-state index is 0.206. The summed E-state index contributed by atoms with van der Waals surface area (Å²) in [6, 6.07) is 10.6. The molecule has 0 saturated carbocycles. The number of benzene rings is 2. The number of aryl methyl sites for hydroxylation is 1. The van der Waals surface area contributed by atoms with Crippen LogP contribution in [0.5, 0.6) is 0 Å². The van der Waals surface area contributed by atoms with E-state index in [1.165, 1.54) is 19.2 Å². The fourth-order valence-electron chi connectivity index (χ4n) is 4.11. The monoisotopic (exact) mass is 547 g/mol. The predicted molar refractivity (Wildman–Crippen MR) is 147 cm³/mol. The second kappa shape index (κ2) is 13.1. The van der Waals surface area contributed by atoms with Gasteiger partial charge in [-0.3, -0.25) is 24.0 Å².